The van der Waals surface area contributed by atoms with Gasteiger partial charge in [0.15, 0.2) is 0 Å². The van der Waals surface area contributed by atoms with E-state index < -0.39 is 0 Å². The van der Waals surface area contributed by atoms with Crippen molar-refractivity contribution in [2.45, 2.75) is 25.7 Å². The molecule has 2 N–H and O–H groups in total. The Morgan fingerprint density at radius 3 is 2.41 bits per heavy atom. The second-order valence-electron chi connectivity index (χ2n) is 3.91. The zero-order valence-corrected chi connectivity index (χ0v) is 11.4. The van der Waals surface area contributed by atoms with Crippen molar-refractivity contribution in [2.75, 3.05) is 11.9 Å². The quantitative estimate of drug-likeness (QED) is 0.600. The molecule has 0 saturated carbocycles. The standard InChI is InChI=1S/C13H18BrNO2/c14-9-3-1-2-4-10-15-13(17)11-5-7-12(16)8-6-11/h5-8,16H,1-4,9-10H2,(H,15,17). The van der Waals surface area contributed by atoms with E-state index in [2.05, 4.69) is 21.2 Å². The van der Waals surface area contributed by atoms with Crippen LogP contribution in [0.25, 0.3) is 0 Å². The number of amides is 1. The van der Waals surface area contributed by atoms with Crippen LogP contribution in [0.1, 0.15) is 36.0 Å². The maximum Gasteiger partial charge on any atom is 0.251 e. The average molecular weight is 300 g/mol. The molecule has 0 heterocycles. The fourth-order valence-corrected chi connectivity index (χ4v) is 1.89. The largest absolute Gasteiger partial charge is 0.508 e. The van der Waals surface area contributed by atoms with E-state index >= 15 is 0 Å². The number of unbranched alkanes of at least 4 members (excludes halogenated alkanes) is 3. The summed E-state index contributed by atoms with van der Waals surface area (Å²) in [5.41, 5.74) is 0.586. The van der Waals surface area contributed by atoms with Crippen LogP contribution in [0.3, 0.4) is 0 Å². The number of benzene rings is 1. The minimum Gasteiger partial charge on any atom is -0.508 e. The van der Waals surface area contributed by atoms with Gasteiger partial charge in [0, 0.05) is 17.4 Å². The molecule has 94 valence electrons. The fourth-order valence-electron chi connectivity index (χ4n) is 1.49. The van der Waals surface area contributed by atoms with Crippen LogP contribution < -0.4 is 5.32 Å². The zero-order valence-electron chi connectivity index (χ0n) is 9.79. The first kappa shape index (κ1) is 14.0. The SMILES string of the molecule is O=C(NCCCCCCBr)c1ccc(O)cc1. The van der Waals surface area contributed by atoms with Crippen LogP contribution in [0.4, 0.5) is 0 Å². The van der Waals surface area contributed by atoms with Crippen molar-refractivity contribution in [3.63, 3.8) is 0 Å². The predicted molar refractivity (Wildman–Crippen MR) is 72.7 cm³/mol. The van der Waals surface area contributed by atoms with E-state index in [4.69, 9.17) is 5.11 Å². The first-order chi connectivity index (χ1) is 8.24. The van der Waals surface area contributed by atoms with Crippen LogP contribution in [0, 0.1) is 0 Å². The van der Waals surface area contributed by atoms with Gasteiger partial charge in [0.1, 0.15) is 5.75 Å². The van der Waals surface area contributed by atoms with Crippen molar-refractivity contribution >= 4 is 21.8 Å². The third-order valence-corrected chi connectivity index (χ3v) is 3.04. The van der Waals surface area contributed by atoms with Crippen molar-refractivity contribution in [3.05, 3.63) is 29.8 Å². The number of hydrogen-bond acceptors (Lipinski definition) is 2. The topological polar surface area (TPSA) is 49.3 Å². The number of carbonyl (C=O) groups excluding carboxylic acids is 1. The molecule has 1 amide bonds. The van der Waals surface area contributed by atoms with Crippen LogP contribution in [0.15, 0.2) is 24.3 Å². The number of rotatable bonds is 7. The highest BCUT2D eigenvalue weighted by atomic mass is 79.9. The predicted octanol–water partition coefficient (Wildman–Crippen LogP) is 3.08. The zero-order chi connectivity index (χ0) is 12.5. The molecule has 0 aliphatic heterocycles. The molecule has 0 aromatic heterocycles. The Bertz CT molecular complexity index is 338. The van der Waals surface area contributed by atoms with Gasteiger partial charge >= 0.3 is 0 Å². The lowest BCUT2D eigenvalue weighted by Crippen LogP contribution is -2.24. The van der Waals surface area contributed by atoms with Crippen molar-refractivity contribution in [3.8, 4) is 5.75 Å². The molecule has 0 bridgehead atoms. The summed E-state index contributed by atoms with van der Waals surface area (Å²) in [7, 11) is 0. The Morgan fingerprint density at radius 2 is 1.76 bits per heavy atom. The molecule has 0 unspecified atom stereocenters. The summed E-state index contributed by atoms with van der Waals surface area (Å²) in [6, 6.07) is 6.28. The molecule has 4 heteroatoms. The number of halogens is 1. The highest BCUT2D eigenvalue weighted by Crippen LogP contribution is 2.09. The molecule has 0 atom stereocenters. The third kappa shape index (κ3) is 5.73. The van der Waals surface area contributed by atoms with Crippen molar-refractivity contribution in [1.82, 2.24) is 5.32 Å². The summed E-state index contributed by atoms with van der Waals surface area (Å²) >= 11 is 3.39. The lowest BCUT2D eigenvalue weighted by atomic mass is 10.2. The van der Waals surface area contributed by atoms with Gasteiger partial charge in [0.2, 0.25) is 0 Å². The summed E-state index contributed by atoms with van der Waals surface area (Å²) in [5.74, 6) is 0.0989. The van der Waals surface area contributed by atoms with Crippen molar-refractivity contribution in [2.24, 2.45) is 0 Å². The Hall–Kier alpha value is -1.03. The van der Waals surface area contributed by atoms with Crippen LogP contribution in [0.5, 0.6) is 5.75 Å². The van der Waals surface area contributed by atoms with Crippen LogP contribution in [-0.2, 0) is 0 Å². The van der Waals surface area contributed by atoms with Crippen LogP contribution >= 0.6 is 15.9 Å². The Morgan fingerprint density at radius 1 is 1.12 bits per heavy atom. The van der Waals surface area contributed by atoms with Gasteiger partial charge in [-0.05, 0) is 37.1 Å². The molecule has 0 spiro atoms. The molecule has 1 aromatic carbocycles. The lowest BCUT2D eigenvalue weighted by Gasteiger charge is -2.05. The molecule has 17 heavy (non-hydrogen) atoms. The average Bonchev–Trinajstić information content (AvgIpc) is 2.34. The summed E-state index contributed by atoms with van der Waals surface area (Å²) < 4.78 is 0. The summed E-state index contributed by atoms with van der Waals surface area (Å²) in [4.78, 5) is 11.6. The Balaban J connectivity index is 2.19. The Kier molecular flexibility index (Phi) is 6.70. The number of phenolic OH excluding ortho intramolecular Hbond substituents is 1. The molecule has 0 radical (unpaired) electrons. The Labute approximate surface area is 110 Å². The van der Waals surface area contributed by atoms with Gasteiger partial charge in [0.05, 0.1) is 0 Å². The fraction of sp³-hybridized carbons (Fsp3) is 0.462. The van der Waals surface area contributed by atoms with E-state index in [9.17, 15) is 4.79 Å². The summed E-state index contributed by atoms with van der Waals surface area (Å²) in [6.07, 6.45) is 4.53. The van der Waals surface area contributed by atoms with E-state index in [-0.39, 0.29) is 11.7 Å². The highest BCUT2D eigenvalue weighted by Gasteiger charge is 2.03. The van der Waals surface area contributed by atoms with E-state index in [0.29, 0.717) is 12.1 Å². The molecule has 1 aromatic rings. The number of nitrogens with one attached hydrogen (secondary N) is 1. The number of hydrogen-bond donors (Lipinski definition) is 2. The van der Waals surface area contributed by atoms with Crippen LogP contribution in [-0.4, -0.2) is 22.9 Å². The van der Waals surface area contributed by atoms with Crippen molar-refractivity contribution in [1.29, 1.82) is 0 Å². The first-order valence-electron chi connectivity index (χ1n) is 5.87. The third-order valence-electron chi connectivity index (χ3n) is 2.48. The molecule has 0 saturated heterocycles. The maximum absolute atomic E-state index is 11.6. The van der Waals surface area contributed by atoms with E-state index in [1.54, 1.807) is 12.1 Å². The van der Waals surface area contributed by atoms with Gasteiger partial charge in [-0.1, -0.05) is 28.8 Å². The normalized spacial score (nSPS) is 10.2. The van der Waals surface area contributed by atoms with Gasteiger partial charge in [-0.2, -0.15) is 0 Å². The van der Waals surface area contributed by atoms with E-state index in [1.165, 1.54) is 25.0 Å². The van der Waals surface area contributed by atoms with Crippen LogP contribution in [0.2, 0.25) is 0 Å². The smallest absolute Gasteiger partial charge is 0.251 e. The highest BCUT2D eigenvalue weighted by molar-refractivity contribution is 9.09. The van der Waals surface area contributed by atoms with Gasteiger partial charge in [-0.15, -0.1) is 0 Å². The number of carbonyl (C=O) groups is 1. The molecular formula is C13H18BrNO2. The second-order valence-corrected chi connectivity index (χ2v) is 4.70. The molecule has 0 aliphatic carbocycles. The van der Waals surface area contributed by atoms with Gasteiger partial charge in [0.25, 0.3) is 5.91 Å². The minimum absolute atomic E-state index is 0.0782. The molecule has 1 rings (SSSR count). The summed E-state index contributed by atoms with van der Waals surface area (Å²) in [6.45, 7) is 0.710. The molecule has 0 aliphatic rings. The molecular weight excluding hydrogens is 282 g/mol. The second kappa shape index (κ2) is 8.12. The van der Waals surface area contributed by atoms with Crippen molar-refractivity contribution < 1.29 is 9.90 Å². The molecule has 0 fully saturated rings. The number of alkyl halides is 1. The van der Waals surface area contributed by atoms with E-state index in [0.717, 1.165) is 18.2 Å². The van der Waals surface area contributed by atoms with Gasteiger partial charge in [-0.25, -0.2) is 0 Å². The van der Waals surface area contributed by atoms with Gasteiger partial charge in [-0.3, -0.25) is 4.79 Å². The first-order valence-corrected chi connectivity index (χ1v) is 6.99. The van der Waals surface area contributed by atoms with Gasteiger partial charge < -0.3 is 10.4 Å². The number of phenols is 1. The number of aromatic hydroxyl groups is 1. The minimum atomic E-state index is -0.0782. The summed E-state index contributed by atoms with van der Waals surface area (Å²) in [5, 5.41) is 13.0. The van der Waals surface area contributed by atoms with E-state index in [1.807, 2.05) is 0 Å². The lowest BCUT2D eigenvalue weighted by molar-refractivity contribution is 0.0953. The maximum atomic E-state index is 11.6. The monoisotopic (exact) mass is 299 g/mol. The molecule has 3 nitrogen and oxygen atoms in total.